The van der Waals surface area contributed by atoms with E-state index in [1.54, 1.807) is 55.5 Å². The zero-order valence-electron chi connectivity index (χ0n) is 20.2. The van der Waals surface area contributed by atoms with Crippen molar-refractivity contribution >= 4 is 39.1 Å². The molecule has 0 spiro atoms. The van der Waals surface area contributed by atoms with Crippen LogP contribution in [0.5, 0.6) is 0 Å². The smallest absolute Gasteiger partial charge is 0.252 e. The Kier molecular flexibility index (Phi) is 7.05. The van der Waals surface area contributed by atoms with Gasteiger partial charge in [-0.05, 0) is 55.8 Å². The summed E-state index contributed by atoms with van der Waals surface area (Å²) in [6, 6.07) is 19.7. The number of carbonyl (C=O) groups is 3. The second kappa shape index (κ2) is 10.0. The molecule has 8 nitrogen and oxygen atoms in total. The van der Waals surface area contributed by atoms with Gasteiger partial charge in [-0.1, -0.05) is 48.0 Å². The molecule has 0 aromatic heterocycles. The second-order valence-corrected chi connectivity index (χ2v) is 10.6. The van der Waals surface area contributed by atoms with E-state index in [2.05, 4.69) is 5.32 Å². The lowest BCUT2D eigenvalue weighted by Crippen LogP contribution is -2.46. The number of rotatable bonds is 7. The SMILES string of the molecule is CC(=O)Nc1ccc(S(=O)(=O)N(C2CC(=O)N(c3ccc(C)cc3)C2=O)C(C)c2ccccc2)cc1. The minimum Gasteiger partial charge on any atom is -0.326 e. The van der Waals surface area contributed by atoms with Gasteiger partial charge in [0.25, 0.3) is 5.91 Å². The van der Waals surface area contributed by atoms with Gasteiger partial charge in [-0.2, -0.15) is 4.31 Å². The van der Waals surface area contributed by atoms with Gasteiger partial charge >= 0.3 is 0 Å². The van der Waals surface area contributed by atoms with Crippen molar-refractivity contribution in [1.29, 1.82) is 0 Å². The van der Waals surface area contributed by atoms with Crippen molar-refractivity contribution in [2.24, 2.45) is 0 Å². The number of nitrogens with one attached hydrogen (secondary N) is 1. The van der Waals surface area contributed by atoms with Crippen molar-refractivity contribution in [2.45, 2.75) is 44.2 Å². The van der Waals surface area contributed by atoms with E-state index in [1.807, 2.05) is 13.0 Å². The monoisotopic (exact) mass is 505 g/mol. The quantitative estimate of drug-likeness (QED) is 0.488. The van der Waals surface area contributed by atoms with Crippen LogP contribution in [-0.2, 0) is 24.4 Å². The molecule has 0 radical (unpaired) electrons. The molecule has 2 atom stereocenters. The summed E-state index contributed by atoms with van der Waals surface area (Å²) in [7, 11) is -4.22. The van der Waals surface area contributed by atoms with Crippen LogP contribution in [0.3, 0.4) is 0 Å². The highest BCUT2D eigenvalue weighted by Crippen LogP contribution is 2.36. The topological polar surface area (TPSA) is 104 Å². The Labute approximate surface area is 210 Å². The molecule has 0 saturated carbocycles. The Hall–Kier alpha value is -3.82. The van der Waals surface area contributed by atoms with Gasteiger partial charge in [0.2, 0.25) is 21.8 Å². The summed E-state index contributed by atoms with van der Waals surface area (Å²) in [5, 5.41) is 2.60. The number of hydrogen-bond donors (Lipinski definition) is 1. The van der Waals surface area contributed by atoms with Crippen LogP contribution in [0.25, 0.3) is 0 Å². The van der Waals surface area contributed by atoms with E-state index in [1.165, 1.54) is 31.2 Å². The number of carbonyl (C=O) groups excluding carboxylic acids is 3. The van der Waals surface area contributed by atoms with Crippen LogP contribution in [0.1, 0.15) is 37.4 Å². The van der Waals surface area contributed by atoms with Crippen LogP contribution in [0.15, 0.2) is 83.8 Å². The first-order chi connectivity index (χ1) is 17.1. The van der Waals surface area contributed by atoms with Crippen LogP contribution < -0.4 is 10.2 Å². The summed E-state index contributed by atoms with van der Waals surface area (Å²) in [5.41, 5.74) is 2.51. The Bertz CT molecular complexity index is 1390. The molecule has 9 heteroatoms. The number of benzene rings is 3. The number of sulfonamides is 1. The molecule has 36 heavy (non-hydrogen) atoms. The summed E-state index contributed by atoms with van der Waals surface area (Å²) in [4.78, 5) is 38.9. The van der Waals surface area contributed by atoms with Crippen molar-refractivity contribution in [3.05, 3.63) is 90.0 Å². The lowest BCUT2D eigenvalue weighted by Gasteiger charge is -2.32. The fourth-order valence-electron chi connectivity index (χ4n) is 4.34. The van der Waals surface area contributed by atoms with Gasteiger partial charge in [-0.3, -0.25) is 14.4 Å². The molecule has 4 rings (SSSR count). The van der Waals surface area contributed by atoms with Crippen molar-refractivity contribution < 1.29 is 22.8 Å². The summed E-state index contributed by atoms with van der Waals surface area (Å²) in [6.07, 6.45) is -0.271. The lowest BCUT2D eigenvalue weighted by molar-refractivity contribution is -0.122. The normalized spacial score (nSPS) is 16.9. The van der Waals surface area contributed by atoms with E-state index in [9.17, 15) is 22.8 Å². The highest BCUT2D eigenvalue weighted by Gasteiger charge is 2.48. The van der Waals surface area contributed by atoms with E-state index in [0.717, 1.165) is 14.8 Å². The summed E-state index contributed by atoms with van der Waals surface area (Å²) >= 11 is 0. The van der Waals surface area contributed by atoms with Crippen LogP contribution in [0.2, 0.25) is 0 Å². The second-order valence-electron chi connectivity index (χ2n) is 8.75. The maximum atomic E-state index is 14.0. The fourth-order valence-corrected chi connectivity index (χ4v) is 6.10. The van der Waals surface area contributed by atoms with Gasteiger partial charge in [0.05, 0.1) is 17.0 Å². The van der Waals surface area contributed by atoms with Crippen LogP contribution >= 0.6 is 0 Å². The van der Waals surface area contributed by atoms with Gasteiger partial charge in [0.15, 0.2) is 0 Å². The van der Waals surface area contributed by atoms with Gasteiger partial charge in [-0.15, -0.1) is 0 Å². The highest BCUT2D eigenvalue weighted by atomic mass is 32.2. The van der Waals surface area contributed by atoms with E-state index in [-0.39, 0.29) is 17.2 Å². The van der Waals surface area contributed by atoms with Gasteiger partial charge in [0.1, 0.15) is 6.04 Å². The lowest BCUT2D eigenvalue weighted by atomic mass is 10.1. The molecule has 3 aromatic rings. The zero-order chi connectivity index (χ0) is 26.0. The third kappa shape index (κ3) is 4.93. The molecule has 0 bridgehead atoms. The highest BCUT2D eigenvalue weighted by molar-refractivity contribution is 7.89. The molecule has 1 aliphatic heterocycles. The first-order valence-electron chi connectivity index (χ1n) is 11.5. The van der Waals surface area contributed by atoms with Crippen molar-refractivity contribution in [1.82, 2.24) is 4.31 Å². The number of amides is 3. The molecule has 3 amide bonds. The molecule has 1 N–H and O–H groups in total. The van der Waals surface area contributed by atoms with Crippen molar-refractivity contribution in [3.63, 3.8) is 0 Å². The average molecular weight is 506 g/mol. The molecular formula is C27H27N3O5S. The minimum atomic E-state index is -4.22. The van der Waals surface area contributed by atoms with Crippen LogP contribution in [0.4, 0.5) is 11.4 Å². The summed E-state index contributed by atoms with van der Waals surface area (Å²) in [5.74, 6) is -1.34. The number of imide groups is 1. The summed E-state index contributed by atoms with van der Waals surface area (Å²) < 4.78 is 29.1. The van der Waals surface area contributed by atoms with Crippen molar-refractivity contribution in [2.75, 3.05) is 10.2 Å². The molecule has 186 valence electrons. The standard InChI is InChI=1S/C27H27N3O5S/c1-18-9-13-23(14-10-18)29-26(32)17-25(27(29)33)30(19(2)21-7-5-4-6-8-21)36(34,35)24-15-11-22(12-16-24)28-20(3)31/h4-16,19,25H,17H2,1-3H3,(H,28,31). The van der Waals surface area contributed by atoms with Gasteiger partial charge in [0, 0.05) is 18.7 Å². The maximum absolute atomic E-state index is 14.0. The number of anilines is 2. The number of aryl methyl sites for hydroxylation is 1. The molecule has 1 saturated heterocycles. The van der Waals surface area contributed by atoms with E-state index < -0.39 is 33.9 Å². The summed E-state index contributed by atoms with van der Waals surface area (Å²) in [6.45, 7) is 4.95. The first kappa shape index (κ1) is 25.3. The Morgan fingerprint density at radius 1 is 0.972 bits per heavy atom. The number of hydrogen-bond acceptors (Lipinski definition) is 5. The number of nitrogens with zero attached hydrogens (tertiary/aromatic N) is 2. The Morgan fingerprint density at radius 3 is 2.17 bits per heavy atom. The Balaban J connectivity index is 1.76. The fraction of sp³-hybridized carbons (Fsp3) is 0.222. The van der Waals surface area contributed by atoms with Crippen LogP contribution in [0, 0.1) is 6.92 Å². The molecule has 1 fully saturated rings. The largest absolute Gasteiger partial charge is 0.326 e. The van der Waals surface area contributed by atoms with Crippen molar-refractivity contribution in [3.8, 4) is 0 Å². The van der Waals surface area contributed by atoms with Gasteiger partial charge in [-0.25, -0.2) is 13.3 Å². The molecule has 2 unspecified atom stereocenters. The molecule has 1 heterocycles. The molecule has 3 aromatic carbocycles. The third-order valence-corrected chi connectivity index (χ3v) is 8.13. The zero-order valence-corrected chi connectivity index (χ0v) is 21.0. The third-order valence-electron chi connectivity index (χ3n) is 6.14. The average Bonchev–Trinajstić information content (AvgIpc) is 3.13. The molecule has 1 aliphatic rings. The van der Waals surface area contributed by atoms with E-state index >= 15 is 0 Å². The van der Waals surface area contributed by atoms with E-state index in [0.29, 0.717) is 16.9 Å². The molecular weight excluding hydrogens is 478 g/mol. The predicted octanol–water partition coefficient (Wildman–Crippen LogP) is 4.04. The maximum Gasteiger partial charge on any atom is 0.252 e. The Morgan fingerprint density at radius 2 is 1.58 bits per heavy atom. The predicted molar refractivity (Wildman–Crippen MR) is 137 cm³/mol. The van der Waals surface area contributed by atoms with Gasteiger partial charge < -0.3 is 5.32 Å². The van der Waals surface area contributed by atoms with E-state index in [4.69, 9.17) is 0 Å². The first-order valence-corrected chi connectivity index (χ1v) is 12.9. The van der Waals surface area contributed by atoms with Crippen LogP contribution in [-0.4, -0.2) is 36.5 Å². The molecule has 0 aliphatic carbocycles. The minimum absolute atomic E-state index is 0.0478.